The van der Waals surface area contributed by atoms with Crippen molar-refractivity contribution in [3.05, 3.63) is 11.6 Å². The molecule has 2 aromatic heterocycles. The molecule has 0 amide bonds. The quantitative estimate of drug-likeness (QED) is 0.844. The summed E-state index contributed by atoms with van der Waals surface area (Å²) in [4.78, 5) is 6.95. The van der Waals surface area contributed by atoms with Gasteiger partial charge in [-0.3, -0.25) is 9.30 Å². The first kappa shape index (κ1) is 14.8. The van der Waals surface area contributed by atoms with E-state index in [9.17, 15) is 8.42 Å². The van der Waals surface area contributed by atoms with Crippen molar-refractivity contribution in [2.75, 3.05) is 25.4 Å². The normalized spacial score (nSPS) is 18.5. The first-order chi connectivity index (χ1) is 9.99. The number of sulfonamides is 1. The van der Waals surface area contributed by atoms with E-state index in [-0.39, 0.29) is 16.9 Å². The van der Waals surface area contributed by atoms with Gasteiger partial charge in [0.2, 0.25) is 0 Å². The zero-order valence-electron chi connectivity index (χ0n) is 11.8. The lowest BCUT2D eigenvalue weighted by Gasteiger charge is -2.23. The minimum Gasteiger partial charge on any atom is -0.381 e. The highest BCUT2D eigenvalue weighted by Crippen LogP contribution is 2.23. The molecule has 0 aliphatic carbocycles. The summed E-state index contributed by atoms with van der Waals surface area (Å²) in [5.41, 5.74) is 5.76. The summed E-state index contributed by atoms with van der Waals surface area (Å²) in [5, 5.41) is 1.82. The summed E-state index contributed by atoms with van der Waals surface area (Å²) in [6, 6.07) is 0.175. The number of nitrogens with zero attached hydrogens (tertiary/aromatic N) is 3. The maximum atomic E-state index is 12.5. The van der Waals surface area contributed by atoms with E-state index >= 15 is 0 Å². The number of fused-ring (bicyclic) bond motifs is 1. The molecule has 1 aliphatic heterocycles. The molecule has 1 saturated heterocycles. The molecule has 21 heavy (non-hydrogen) atoms. The van der Waals surface area contributed by atoms with Crippen LogP contribution in [0.5, 0.6) is 0 Å². The number of hydrogen-bond donors (Lipinski definition) is 2. The van der Waals surface area contributed by atoms with Crippen LogP contribution >= 0.6 is 11.3 Å². The standard InChI is InChI=1S/C12H19N5O2S2/c1-9(16-4-2-3-5-16)8-14-21(18,19)11-10(13)15-12-17(11)6-7-20-12/h6-7,9,14H,2-5,8,13H2,1H3. The van der Waals surface area contributed by atoms with Crippen LogP contribution in [-0.4, -0.2) is 48.4 Å². The SMILES string of the molecule is CC(CNS(=O)(=O)c1c(N)nc2sccn12)N1CCCC1. The summed E-state index contributed by atoms with van der Waals surface area (Å²) in [6.07, 6.45) is 4.03. The molecular formula is C12H19N5O2S2. The van der Waals surface area contributed by atoms with Crippen LogP contribution in [0.25, 0.3) is 4.96 Å². The molecule has 1 aliphatic rings. The lowest BCUT2D eigenvalue weighted by atomic mass is 10.3. The van der Waals surface area contributed by atoms with Crippen LogP contribution in [-0.2, 0) is 10.0 Å². The number of imidazole rings is 1. The predicted molar refractivity (Wildman–Crippen MR) is 82.9 cm³/mol. The lowest BCUT2D eigenvalue weighted by molar-refractivity contribution is 0.260. The number of likely N-dealkylation sites (tertiary alicyclic amines) is 1. The monoisotopic (exact) mass is 329 g/mol. The van der Waals surface area contributed by atoms with E-state index in [2.05, 4.69) is 14.6 Å². The first-order valence-corrected chi connectivity index (χ1v) is 9.30. The zero-order valence-corrected chi connectivity index (χ0v) is 13.5. The Hall–Kier alpha value is -1.16. The average Bonchev–Trinajstić information content (AvgIpc) is 3.10. The molecule has 3 N–H and O–H groups in total. The van der Waals surface area contributed by atoms with Crippen LogP contribution in [0, 0.1) is 0 Å². The number of hydrogen-bond acceptors (Lipinski definition) is 6. The maximum absolute atomic E-state index is 12.5. The Kier molecular flexibility index (Phi) is 3.91. The summed E-state index contributed by atoms with van der Waals surface area (Å²) >= 11 is 1.35. The van der Waals surface area contributed by atoms with Gasteiger partial charge in [0.15, 0.2) is 15.8 Å². The van der Waals surface area contributed by atoms with Crippen LogP contribution in [0.2, 0.25) is 0 Å². The van der Waals surface area contributed by atoms with Crippen molar-refractivity contribution in [3.63, 3.8) is 0 Å². The molecule has 3 rings (SSSR count). The second-order valence-corrected chi connectivity index (χ2v) is 7.86. The van der Waals surface area contributed by atoms with Crippen molar-refractivity contribution < 1.29 is 8.42 Å². The molecule has 0 radical (unpaired) electrons. The van der Waals surface area contributed by atoms with Crippen molar-refractivity contribution in [1.29, 1.82) is 0 Å². The number of rotatable bonds is 5. The van der Waals surface area contributed by atoms with Crippen LogP contribution in [0.1, 0.15) is 19.8 Å². The highest BCUT2D eigenvalue weighted by atomic mass is 32.2. The highest BCUT2D eigenvalue weighted by molar-refractivity contribution is 7.89. The summed E-state index contributed by atoms with van der Waals surface area (Å²) in [7, 11) is -3.66. The van der Waals surface area contributed by atoms with Crippen LogP contribution in [0.4, 0.5) is 5.82 Å². The Bertz CT molecular complexity index is 730. The van der Waals surface area contributed by atoms with Gasteiger partial charge in [-0.2, -0.15) is 0 Å². The third-order valence-electron chi connectivity index (χ3n) is 3.83. The Morgan fingerprint density at radius 3 is 2.90 bits per heavy atom. The van der Waals surface area contributed by atoms with Gasteiger partial charge in [0.05, 0.1) is 0 Å². The first-order valence-electron chi connectivity index (χ1n) is 6.94. The fraction of sp³-hybridized carbons (Fsp3) is 0.583. The van der Waals surface area contributed by atoms with E-state index in [1.807, 2.05) is 6.92 Å². The lowest BCUT2D eigenvalue weighted by Crippen LogP contribution is -2.41. The van der Waals surface area contributed by atoms with Crippen LogP contribution < -0.4 is 10.5 Å². The molecule has 1 unspecified atom stereocenters. The number of nitrogen functional groups attached to an aromatic ring is 1. The van der Waals surface area contributed by atoms with Gasteiger partial charge in [-0.1, -0.05) is 0 Å². The molecule has 1 atom stereocenters. The number of anilines is 1. The van der Waals surface area contributed by atoms with Gasteiger partial charge < -0.3 is 5.73 Å². The van der Waals surface area contributed by atoms with E-state index in [1.165, 1.54) is 28.6 Å². The zero-order chi connectivity index (χ0) is 15.0. The Morgan fingerprint density at radius 1 is 1.48 bits per heavy atom. The molecule has 116 valence electrons. The van der Waals surface area contributed by atoms with Gasteiger partial charge in [-0.05, 0) is 32.9 Å². The number of thiazole rings is 1. The second-order valence-electron chi connectivity index (χ2n) is 5.30. The Labute approximate surface area is 127 Å². The van der Waals surface area contributed by atoms with E-state index in [1.54, 1.807) is 11.6 Å². The van der Waals surface area contributed by atoms with Gasteiger partial charge in [0, 0.05) is 24.2 Å². The van der Waals surface area contributed by atoms with Crippen molar-refractivity contribution in [3.8, 4) is 0 Å². The van der Waals surface area contributed by atoms with Gasteiger partial charge in [0.25, 0.3) is 10.0 Å². The fourth-order valence-electron chi connectivity index (χ4n) is 2.66. The van der Waals surface area contributed by atoms with Crippen molar-refractivity contribution in [2.24, 2.45) is 0 Å². The Balaban J connectivity index is 1.77. The number of nitrogens with one attached hydrogen (secondary N) is 1. The molecule has 0 aromatic carbocycles. The van der Waals surface area contributed by atoms with Crippen molar-refractivity contribution >= 4 is 32.1 Å². The van der Waals surface area contributed by atoms with Gasteiger partial charge in [-0.25, -0.2) is 18.1 Å². The molecule has 9 heteroatoms. The van der Waals surface area contributed by atoms with E-state index in [0.29, 0.717) is 11.5 Å². The van der Waals surface area contributed by atoms with Gasteiger partial charge in [0.1, 0.15) is 0 Å². The second kappa shape index (κ2) is 5.56. The topological polar surface area (TPSA) is 92.7 Å². The average molecular weight is 329 g/mol. The maximum Gasteiger partial charge on any atom is 0.260 e. The van der Waals surface area contributed by atoms with Crippen LogP contribution in [0.3, 0.4) is 0 Å². The van der Waals surface area contributed by atoms with Gasteiger partial charge in [-0.15, -0.1) is 11.3 Å². The van der Waals surface area contributed by atoms with E-state index in [0.717, 1.165) is 13.1 Å². The van der Waals surface area contributed by atoms with Crippen molar-refractivity contribution in [1.82, 2.24) is 19.0 Å². The van der Waals surface area contributed by atoms with E-state index in [4.69, 9.17) is 5.73 Å². The number of aromatic nitrogens is 2. The minimum atomic E-state index is -3.66. The minimum absolute atomic E-state index is 0.0346. The third kappa shape index (κ3) is 2.78. The number of nitrogens with two attached hydrogens (primary N) is 1. The third-order valence-corrected chi connectivity index (χ3v) is 6.05. The molecule has 2 aromatic rings. The van der Waals surface area contributed by atoms with Crippen LogP contribution in [0.15, 0.2) is 16.6 Å². The van der Waals surface area contributed by atoms with E-state index < -0.39 is 10.0 Å². The smallest absolute Gasteiger partial charge is 0.260 e. The Morgan fingerprint density at radius 2 is 2.19 bits per heavy atom. The summed E-state index contributed by atoms with van der Waals surface area (Å²) in [6.45, 7) is 4.48. The molecule has 3 heterocycles. The van der Waals surface area contributed by atoms with Gasteiger partial charge >= 0.3 is 0 Å². The predicted octanol–water partition coefficient (Wildman–Crippen LogP) is 0.741. The molecule has 7 nitrogen and oxygen atoms in total. The van der Waals surface area contributed by atoms with Crippen molar-refractivity contribution in [2.45, 2.75) is 30.8 Å². The molecule has 0 spiro atoms. The largest absolute Gasteiger partial charge is 0.381 e. The molecule has 1 fully saturated rings. The summed E-state index contributed by atoms with van der Waals surface area (Å²) in [5.74, 6) is 0.0446. The highest BCUT2D eigenvalue weighted by Gasteiger charge is 2.26. The molecule has 0 saturated carbocycles. The summed E-state index contributed by atoms with van der Waals surface area (Å²) < 4.78 is 29.1. The molecular weight excluding hydrogens is 310 g/mol. The molecule has 0 bridgehead atoms. The fourth-order valence-corrected chi connectivity index (χ4v) is 4.76.